The molecule has 0 radical (unpaired) electrons. The summed E-state index contributed by atoms with van der Waals surface area (Å²) >= 11 is 0. The molecule has 1 fully saturated rings. The fraction of sp³-hybridized carbons (Fsp3) is 0.320. The smallest absolute Gasteiger partial charge is 0.270 e. The molecule has 3 heterocycles. The van der Waals surface area contributed by atoms with Gasteiger partial charge in [-0.15, -0.1) is 0 Å². The predicted molar refractivity (Wildman–Crippen MR) is 132 cm³/mol. The molecule has 37 heavy (non-hydrogen) atoms. The van der Waals surface area contributed by atoms with Crippen LogP contribution in [-0.2, 0) is 16.1 Å². The first-order chi connectivity index (χ1) is 17.9. The van der Waals surface area contributed by atoms with Crippen molar-refractivity contribution >= 4 is 23.2 Å². The van der Waals surface area contributed by atoms with Gasteiger partial charge in [0.25, 0.3) is 5.91 Å². The van der Waals surface area contributed by atoms with Crippen molar-refractivity contribution < 1.29 is 23.2 Å². The summed E-state index contributed by atoms with van der Waals surface area (Å²) in [6.07, 6.45) is 0.0991. The molecule has 3 aromatic rings. The highest BCUT2D eigenvalue weighted by Crippen LogP contribution is 2.26. The summed E-state index contributed by atoms with van der Waals surface area (Å²) in [5.41, 5.74) is 7.13. The molecule has 0 saturated carbocycles. The molecule has 192 valence electrons. The van der Waals surface area contributed by atoms with Crippen molar-refractivity contribution in [2.24, 2.45) is 10.8 Å². The van der Waals surface area contributed by atoms with Gasteiger partial charge in [-0.2, -0.15) is 10.1 Å². The van der Waals surface area contributed by atoms with Gasteiger partial charge in [-0.25, -0.2) is 4.39 Å². The predicted octanol–water partition coefficient (Wildman–Crippen LogP) is 1.65. The largest absolute Gasteiger partial charge is 0.497 e. The van der Waals surface area contributed by atoms with E-state index in [-0.39, 0.29) is 18.0 Å². The van der Waals surface area contributed by atoms with Crippen LogP contribution >= 0.6 is 0 Å². The Labute approximate surface area is 212 Å². The molecule has 2 aliphatic rings. The number of anilines is 1. The number of aromatic nitrogens is 2. The Bertz CT molecular complexity index is 1300. The number of amides is 2. The number of rotatable bonds is 7. The number of carbonyl (C=O) groups is 2. The highest BCUT2D eigenvalue weighted by molar-refractivity contribution is 6.40. The topological polar surface area (TPSA) is 130 Å². The van der Waals surface area contributed by atoms with Gasteiger partial charge in [-0.3, -0.25) is 19.5 Å². The number of nitrogens with two attached hydrogens (primary N) is 1. The highest BCUT2D eigenvalue weighted by Gasteiger charge is 2.37. The minimum atomic E-state index is -0.803. The van der Waals surface area contributed by atoms with Gasteiger partial charge in [0.15, 0.2) is 0 Å². The average Bonchev–Trinajstić information content (AvgIpc) is 3.57. The minimum Gasteiger partial charge on any atom is -0.497 e. The summed E-state index contributed by atoms with van der Waals surface area (Å²) in [6, 6.07) is 12.1. The molecule has 0 spiro atoms. The third kappa shape index (κ3) is 5.28. The number of halogens is 1. The molecular formula is C25H26FN7O4. The Morgan fingerprint density at radius 3 is 2.43 bits per heavy atom. The zero-order valence-corrected chi connectivity index (χ0v) is 20.2. The molecule has 0 bridgehead atoms. The quantitative estimate of drug-likeness (QED) is 0.511. The molecule has 2 aromatic carbocycles. The zero-order valence-electron chi connectivity index (χ0n) is 20.2. The van der Waals surface area contributed by atoms with E-state index >= 15 is 0 Å². The van der Waals surface area contributed by atoms with Crippen molar-refractivity contribution in [3.05, 3.63) is 60.2 Å². The van der Waals surface area contributed by atoms with Crippen LogP contribution in [0.5, 0.6) is 5.75 Å². The van der Waals surface area contributed by atoms with Gasteiger partial charge < -0.3 is 19.9 Å². The maximum absolute atomic E-state index is 13.3. The van der Waals surface area contributed by atoms with Gasteiger partial charge in [0.05, 0.1) is 19.3 Å². The van der Waals surface area contributed by atoms with E-state index in [0.717, 1.165) is 11.3 Å². The van der Waals surface area contributed by atoms with Gasteiger partial charge in [-0.05, 0) is 48.5 Å². The number of hydrogen-bond acceptors (Lipinski definition) is 9. The van der Waals surface area contributed by atoms with Crippen molar-refractivity contribution in [1.82, 2.24) is 19.9 Å². The number of hydrazone groups is 1. The normalized spacial score (nSPS) is 18.1. The lowest BCUT2D eigenvalue weighted by Gasteiger charge is -2.33. The lowest BCUT2D eigenvalue weighted by Crippen LogP contribution is -2.50. The molecule has 2 aliphatic heterocycles. The van der Waals surface area contributed by atoms with Crippen LogP contribution in [0.2, 0.25) is 0 Å². The second-order valence-electron chi connectivity index (χ2n) is 8.80. The first kappa shape index (κ1) is 24.4. The summed E-state index contributed by atoms with van der Waals surface area (Å²) in [7, 11) is 1.61. The third-order valence-corrected chi connectivity index (χ3v) is 6.41. The van der Waals surface area contributed by atoms with E-state index in [1.54, 1.807) is 12.0 Å². The van der Waals surface area contributed by atoms with E-state index in [4.69, 9.17) is 15.0 Å². The van der Waals surface area contributed by atoms with E-state index in [0.29, 0.717) is 50.1 Å². The molecule has 1 atom stereocenters. The number of primary amides is 1. The summed E-state index contributed by atoms with van der Waals surface area (Å²) in [5.74, 6) is 0.487. The average molecular weight is 508 g/mol. The Morgan fingerprint density at radius 2 is 1.78 bits per heavy atom. The third-order valence-electron chi connectivity index (χ3n) is 6.41. The van der Waals surface area contributed by atoms with Gasteiger partial charge in [-0.1, -0.05) is 5.16 Å². The van der Waals surface area contributed by atoms with E-state index in [1.165, 1.54) is 29.3 Å². The fourth-order valence-corrected chi connectivity index (χ4v) is 4.35. The van der Waals surface area contributed by atoms with Crippen LogP contribution in [0.15, 0.2) is 58.2 Å². The van der Waals surface area contributed by atoms with E-state index < -0.39 is 17.8 Å². The monoisotopic (exact) mass is 507 g/mol. The second kappa shape index (κ2) is 10.3. The Kier molecular flexibility index (Phi) is 6.82. The van der Waals surface area contributed by atoms with Crippen LogP contribution in [-0.4, -0.2) is 76.8 Å². The van der Waals surface area contributed by atoms with Gasteiger partial charge in [0, 0.05) is 38.2 Å². The first-order valence-electron chi connectivity index (χ1n) is 11.8. The Morgan fingerprint density at radius 1 is 1.08 bits per heavy atom. The SMILES string of the molecule is COc1ccc(-c2noc(CN3CCN(C(=O)C4=NN(c5ccc(F)cc5)C(C(N)=O)C4)CC3)n2)cc1. The van der Waals surface area contributed by atoms with E-state index in [1.807, 2.05) is 24.3 Å². The van der Waals surface area contributed by atoms with Crippen molar-refractivity contribution in [2.75, 3.05) is 38.3 Å². The minimum absolute atomic E-state index is 0.0991. The van der Waals surface area contributed by atoms with Crippen molar-refractivity contribution in [1.29, 1.82) is 0 Å². The van der Waals surface area contributed by atoms with Crippen LogP contribution in [0.1, 0.15) is 12.3 Å². The standard InChI is InChI=1S/C25H26FN7O4/c1-36-19-8-2-16(3-9-19)24-28-22(37-30-24)15-31-10-12-32(13-11-31)25(35)20-14-21(23(27)34)33(29-20)18-6-4-17(26)5-7-18/h2-9,21H,10-15H2,1H3,(H2,27,34). The highest BCUT2D eigenvalue weighted by atomic mass is 19.1. The summed E-state index contributed by atoms with van der Waals surface area (Å²) in [6.45, 7) is 2.65. The first-order valence-corrected chi connectivity index (χ1v) is 11.8. The maximum Gasteiger partial charge on any atom is 0.270 e. The number of methoxy groups -OCH3 is 1. The summed E-state index contributed by atoms with van der Waals surface area (Å²) < 4.78 is 23.9. The number of piperazine rings is 1. The van der Waals surface area contributed by atoms with Crippen LogP contribution in [0.3, 0.4) is 0 Å². The molecule has 11 nitrogen and oxygen atoms in total. The number of carbonyl (C=O) groups excluding carboxylic acids is 2. The molecule has 12 heteroatoms. The van der Waals surface area contributed by atoms with Crippen molar-refractivity contribution in [3.8, 4) is 17.1 Å². The lowest BCUT2D eigenvalue weighted by atomic mass is 10.1. The van der Waals surface area contributed by atoms with Crippen molar-refractivity contribution in [2.45, 2.75) is 19.0 Å². The Balaban J connectivity index is 1.18. The molecule has 2 N–H and O–H groups in total. The van der Waals surface area contributed by atoms with Gasteiger partial charge >= 0.3 is 0 Å². The van der Waals surface area contributed by atoms with Crippen LogP contribution in [0, 0.1) is 5.82 Å². The maximum atomic E-state index is 13.3. The fourth-order valence-electron chi connectivity index (χ4n) is 4.35. The number of benzene rings is 2. The molecule has 1 saturated heterocycles. The Hall–Kier alpha value is -4.32. The molecule has 1 aromatic heterocycles. The molecule has 0 aliphatic carbocycles. The van der Waals surface area contributed by atoms with Crippen LogP contribution in [0.25, 0.3) is 11.4 Å². The summed E-state index contributed by atoms with van der Waals surface area (Å²) in [5, 5.41) is 9.83. The zero-order chi connectivity index (χ0) is 25.9. The van der Waals surface area contributed by atoms with E-state index in [2.05, 4.69) is 20.1 Å². The lowest BCUT2D eigenvalue weighted by molar-refractivity contribution is -0.126. The molecule has 5 rings (SSSR count). The second-order valence-corrected chi connectivity index (χ2v) is 8.80. The molecule has 1 unspecified atom stereocenters. The number of hydrogen-bond donors (Lipinski definition) is 1. The van der Waals surface area contributed by atoms with Crippen LogP contribution < -0.4 is 15.5 Å². The van der Waals surface area contributed by atoms with Gasteiger partial charge in [0.2, 0.25) is 17.6 Å². The van der Waals surface area contributed by atoms with Crippen molar-refractivity contribution in [3.63, 3.8) is 0 Å². The van der Waals surface area contributed by atoms with E-state index in [9.17, 15) is 14.0 Å². The number of ether oxygens (including phenoxy) is 1. The van der Waals surface area contributed by atoms with Crippen LogP contribution in [0.4, 0.5) is 10.1 Å². The van der Waals surface area contributed by atoms with Gasteiger partial charge in [0.1, 0.15) is 23.3 Å². The molecule has 2 amide bonds. The summed E-state index contributed by atoms with van der Waals surface area (Å²) in [4.78, 5) is 33.5. The molecular weight excluding hydrogens is 481 g/mol. The number of nitrogens with zero attached hydrogens (tertiary/aromatic N) is 6.